The monoisotopic (exact) mass is 309 g/mol. The van der Waals surface area contributed by atoms with Gasteiger partial charge in [0.1, 0.15) is 12.4 Å². The molecule has 1 unspecified atom stereocenters. The van der Waals surface area contributed by atoms with Crippen molar-refractivity contribution < 1.29 is 9.53 Å². The third kappa shape index (κ3) is 3.52. The van der Waals surface area contributed by atoms with Crippen molar-refractivity contribution >= 4 is 16.8 Å². The molecule has 0 saturated carbocycles. The van der Waals surface area contributed by atoms with Crippen LogP contribution < -0.4 is 16.2 Å². The van der Waals surface area contributed by atoms with E-state index in [-0.39, 0.29) is 6.42 Å². The SMILES string of the molecule is NC(=O)CC(N)c1c[nH]c2ccc(OCc3ccccc3)cc12. The number of carbonyl (C=O) groups excluding carboxylic acids is 1. The summed E-state index contributed by atoms with van der Waals surface area (Å²) in [5.74, 6) is 0.344. The van der Waals surface area contributed by atoms with Crippen LogP contribution in [0.2, 0.25) is 0 Å². The minimum Gasteiger partial charge on any atom is -0.489 e. The first-order valence-electron chi connectivity index (χ1n) is 7.45. The van der Waals surface area contributed by atoms with Gasteiger partial charge in [0.15, 0.2) is 0 Å². The van der Waals surface area contributed by atoms with Crippen LogP contribution in [0.3, 0.4) is 0 Å². The highest BCUT2D eigenvalue weighted by molar-refractivity contribution is 5.86. The number of hydrogen-bond acceptors (Lipinski definition) is 3. The van der Waals surface area contributed by atoms with Gasteiger partial charge in [-0.05, 0) is 29.3 Å². The van der Waals surface area contributed by atoms with Gasteiger partial charge in [-0.2, -0.15) is 0 Å². The molecule has 0 spiro atoms. The third-order valence-electron chi connectivity index (χ3n) is 3.75. The molecular formula is C18H19N3O2. The van der Waals surface area contributed by atoms with Crippen LogP contribution in [0.4, 0.5) is 0 Å². The Morgan fingerprint density at radius 2 is 1.96 bits per heavy atom. The lowest BCUT2D eigenvalue weighted by molar-refractivity contribution is -0.118. The number of fused-ring (bicyclic) bond motifs is 1. The standard InChI is InChI=1S/C18H19N3O2/c19-16(9-18(20)22)15-10-21-17-7-6-13(8-14(15)17)23-11-12-4-2-1-3-5-12/h1-8,10,16,21H,9,11,19H2,(H2,20,22). The summed E-state index contributed by atoms with van der Waals surface area (Å²) in [4.78, 5) is 14.2. The topological polar surface area (TPSA) is 94.1 Å². The highest BCUT2D eigenvalue weighted by Gasteiger charge is 2.14. The summed E-state index contributed by atoms with van der Waals surface area (Å²) in [5, 5.41) is 0.948. The molecule has 1 amide bonds. The molecule has 1 atom stereocenters. The van der Waals surface area contributed by atoms with Gasteiger partial charge in [0.25, 0.3) is 0 Å². The summed E-state index contributed by atoms with van der Waals surface area (Å²) in [6.45, 7) is 0.499. The zero-order chi connectivity index (χ0) is 16.2. The fourth-order valence-corrected chi connectivity index (χ4v) is 2.59. The van der Waals surface area contributed by atoms with E-state index in [0.29, 0.717) is 6.61 Å². The van der Waals surface area contributed by atoms with Crippen LogP contribution in [0.1, 0.15) is 23.6 Å². The molecule has 3 aromatic rings. The second-order valence-corrected chi connectivity index (χ2v) is 5.50. The Labute approximate surface area is 134 Å². The normalized spacial score (nSPS) is 12.2. The minimum atomic E-state index is -0.425. The van der Waals surface area contributed by atoms with Crippen LogP contribution in [0.25, 0.3) is 10.9 Å². The minimum absolute atomic E-state index is 0.113. The Balaban J connectivity index is 1.81. The molecule has 0 aliphatic rings. The van der Waals surface area contributed by atoms with Crippen molar-refractivity contribution in [2.75, 3.05) is 0 Å². The second-order valence-electron chi connectivity index (χ2n) is 5.50. The lowest BCUT2D eigenvalue weighted by Gasteiger charge is -2.10. The molecule has 3 rings (SSSR count). The van der Waals surface area contributed by atoms with Gasteiger partial charge in [-0.3, -0.25) is 4.79 Å². The highest BCUT2D eigenvalue weighted by Crippen LogP contribution is 2.28. The van der Waals surface area contributed by atoms with Crippen LogP contribution in [0.15, 0.2) is 54.7 Å². The molecule has 1 heterocycles. The molecule has 118 valence electrons. The maximum absolute atomic E-state index is 11.1. The number of ether oxygens (including phenoxy) is 1. The number of nitrogens with two attached hydrogens (primary N) is 2. The molecule has 5 N–H and O–H groups in total. The number of benzene rings is 2. The van der Waals surface area contributed by atoms with Crippen molar-refractivity contribution in [2.24, 2.45) is 11.5 Å². The lowest BCUT2D eigenvalue weighted by Crippen LogP contribution is -2.20. The summed E-state index contributed by atoms with van der Waals surface area (Å²) in [6.07, 6.45) is 1.93. The number of rotatable bonds is 6. The molecule has 0 fully saturated rings. The Bertz CT molecular complexity index is 812. The Kier molecular flexibility index (Phi) is 4.30. The number of primary amides is 1. The van der Waals surface area contributed by atoms with Crippen molar-refractivity contribution in [1.29, 1.82) is 0 Å². The Morgan fingerprint density at radius 1 is 1.17 bits per heavy atom. The summed E-state index contributed by atoms with van der Waals surface area (Å²) in [5.41, 5.74) is 14.2. The second kappa shape index (κ2) is 6.54. The molecule has 5 nitrogen and oxygen atoms in total. The van der Waals surface area contributed by atoms with Crippen molar-refractivity contribution in [2.45, 2.75) is 19.1 Å². The molecule has 0 saturated heterocycles. The van der Waals surface area contributed by atoms with E-state index >= 15 is 0 Å². The van der Waals surface area contributed by atoms with Crippen LogP contribution in [-0.2, 0) is 11.4 Å². The van der Waals surface area contributed by atoms with Gasteiger partial charge >= 0.3 is 0 Å². The van der Waals surface area contributed by atoms with Gasteiger partial charge in [0.2, 0.25) is 5.91 Å². The molecule has 0 bridgehead atoms. The van der Waals surface area contributed by atoms with Crippen LogP contribution in [0.5, 0.6) is 5.75 Å². The van der Waals surface area contributed by atoms with E-state index in [1.54, 1.807) is 0 Å². The van der Waals surface area contributed by atoms with Crippen molar-refractivity contribution in [1.82, 2.24) is 4.98 Å². The van der Waals surface area contributed by atoms with Crippen LogP contribution >= 0.6 is 0 Å². The number of hydrogen-bond donors (Lipinski definition) is 3. The average Bonchev–Trinajstić information content (AvgIpc) is 2.96. The largest absolute Gasteiger partial charge is 0.489 e. The van der Waals surface area contributed by atoms with Gasteiger partial charge in [-0.1, -0.05) is 30.3 Å². The molecule has 0 radical (unpaired) electrons. The fraction of sp³-hybridized carbons (Fsp3) is 0.167. The van der Waals surface area contributed by atoms with Gasteiger partial charge in [-0.15, -0.1) is 0 Å². The van der Waals surface area contributed by atoms with Gasteiger partial charge < -0.3 is 21.2 Å². The van der Waals surface area contributed by atoms with Gasteiger partial charge in [0, 0.05) is 29.6 Å². The predicted octanol–water partition coefficient (Wildman–Crippen LogP) is 2.62. The van der Waals surface area contributed by atoms with E-state index in [4.69, 9.17) is 16.2 Å². The van der Waals surface area contributed by atoms with Crippen molar-refractivity contribution in [3.8, 4) is 5.75 Å². The van der Waals surface area contributed by atoms with E-state index < -0.39 is 11.9 Å². The van der Waals surface area contributed by atoms with E-state index in [1.807, 2.05) is 54.7 Å². The zero-order valence-corrected chi connectivity index (χ0v) is 12.7. The van der Waals surface area contributed by atoms with Crippen molar-refractivity contribution in [3.63, 3.8) is 0 Å². The van der Waals surface area contributed by atoms with E-state index in [2.05, 4.69) is 4.98 Å². The first-order chi connectivity index (χ1) is 11.1. The highest BCUT2D eigenvalue weighted by atomic mass is 16.5. The van der Waals surface area contributed by atoms with E-state index in [1.165, 1.54) is 0 Å². The number of aromatic amines is 1. The maximum atomic E-state index is 11.1. The summed E-state index contributed by atoms with van der Waals surface area (Å²) >= 11 is 0. The lowest BCUT2D eigenvalue weighted by atomic mass is 10.0. The summed E-state index contributed by atoms with van der Waals surface area (Å²) < 4.78 is 5.84. The Hall–Kier alpha value is -2.79. The molecule has 5 heteroatoms. The molecular weight excluding hydrogens is 290 g/mol. The number of nitrogens with one attached hydrogen (secondary N) is 1. The first kappa shape index (κ1) is 15.1. The predicted molar refractivity (Wildman–Crippen MR) is 89.8 cm³/mol. The smallest absolute Gasteiger partial charge is 0.219 e. The third-order valence-corrected chi connectivity index (χ3v) is 3.75. The number of carbonyl (C=O) groups is 1. The zero-order valence-electron chi connectivity index (χ0n) is 12.7. The van der Waals surface area contributed by atoms with Crippen LogP contribution in [-0.4, -0.2) is 10.9 Å². The maximum Gasteiger partial charge on any atom is 0.219 e. The summed E-state index contributed by atoms with van der Waals surface area (Å²) in [6, 6.07) is 15.3. The fourth-order valence-electron chi connectivity index (χ4n) is 2.59. The molecule has 0 aliphatic carbocycles. The Morgan fingerprint density at radius 3 is 2.70 bits per heavy atom. The van der Waals surface area contributed by atoms with Crippen molar-refractivity contribution in [3.05, 3.63) is 65.9 Å². The first-order valence-corrected chi connectivity index (χ1v) is 7.45. The molecule has 1 aromatic heterocycles. The van der Waals surface area contributed by atoms with Gasteiger partial charge in [0.05, 0.1) is 0 Å². The quantitative estimate of drug-likeness (QED) is 0.653. The van der Waals surface area contributed by atoms with Crippen LogP contribution in [0, 0.1) is 0 Å². The summed E-state index contributed by atoms with van der Waals surface area (Å²) in [7, 11) is 0. The number of H-pyrrole nitrogens is 1. The molecule has 2 aromatic carbocycles. The average molecular weight is 309 g/mol. The molecule has 23 heavy (non-hydrogen) atoms. The van der Waals surface area contributed by atoms with Gasteiger partial charge in [-0.25, -0.2) is 0 Å². The van der Waals surface area contributed by atoms with E-state index in [0.717, 1.165) is 27.8 Å². The number of amides is 1. The molecule has 0 aliphatic heterocycles. The van der Waals surface area contributed by atoms with E-state index in [9.17, 15) is 4.79 Å². The number of aromatic nitrogens is 1.